The highest BCUT2D eigenvalue weighted by Crippen LogP contribution is 2.15. The summed E-state index contributed by atoms with van der Waals surface area (Å²) in [6, 6.07) is 12.0. The average Bonchev–Trinajstić information content (AvgIpc) is 3.15. The molecule has 1 unspecified atom stereocenters. The highest BCUT2D eigenvalue weighted by Gasteiger charge is 2.15. The zero-order valence-corrected chi connectivity index (χ0v) is 12.1. The SMILES string of the molecule is CNC(Cc1ccn(C)n1)c1cnn(-c2ccccc2)n1. The zero-order chi connectivity index (χ0) is 14.7. The Labute approximate surface area is 123 Å². The Balaban J connectivity index is 1.80. The van der Waals surface area contributed by atoms with Gasteiger partial charge >= 0.3 is 0 Å². The Bertz CT molecular complexity index is 700. The molecule has 2 aromatic heterocycles. The maximum Gasteiger partial charge on any atom is 0.100 e. The second-order valence-electron chi connectivity index (χ2n) is 4.92. The lowest BCUT2D eigenvalue weighted by atomic mass is 10.1. The van der Waals surface area contributed by atoms with Gasteiger partial charge in [0, 0.05) is 19.7 Å². The minimum Gasteiger partial charge on any atom is -0.311 e. The van der Waals surface area contributed by atoms with Crippen molar-refractivity contribution in [3.63, 3.8) is 0 Å². The maximum absolute atomic E-state index is 4.56. The third kappa shape index (κ3) is 3.00. The Hall–Kier alpha value is -2.47. The van der Waals surface area contributed by atoms with Gasteiger partial charge in [-0.2, -0.15) is 20.1 Å². The molecule has 1 atom stereocenters. The molecule has 3 rings (SSSR count). The van der Waals surface area contributed by atoms with Crippen LogP contribution in [0.2, 0.25) is 0 Å². The summed E-state index contributed by atoms with van der Waals surface area (Å²) >= 11 is 0. The van der Waals surface area contributed by atoms with Gasteiger partial charge in [-0.15, -0.1) is 0 Å². The number of benzene rings is 1. The van der Waals surface area contributed by atoms with E-state index in [1.165, 1.54) is 0 Å². The molecule has 1 aromatic carbocycles. The number of aryl methyl sites for hydroxylation is 1. The molecule has 0 aliphatic rings. The molecule has 0 amide bonds. The third-order valence-electron chi connectivity index (χ3n) is 3.38. The van der Waals surface area contributed by atoms with Crippen LogP contribution in [0.1, 0.15) is 17.4 Å². The minimum absolute atomic E-state index is 0.0948. The fraction of sp³-hybridized carbons (Fsp3) is 0.267. The molecule has 6 nitrogen and oxygen atoms in total. The van der Waals surface area contributed by atoms with E-state index in [9.17, 15) is 0 Å². The van der Waals surface area contributed by atoms with Crippen molar-refractivity contribution >= 4 is 0 Å². The molecule has 0 radical (unpaired) electrons. The first kappa shape index (κ1) is 13.5. The number of nitrogens with zero attached hydrogens (tertiary/aromatic N) is 5. The van der Waals surface area contributed by atoms with Crippen LogP contribution >= 0.6 is 0 Å². The number of rotatable bonds is 5. The van der Waals surface area contributed by atoms with Crippen LogP contribution < -0.4 is 5.32 Å². The lowest BCUT2D eigenvalue weighted by Gasteiger charge is -2.11. The van der Waals surface area contributed by atoms with Crippen LogP contribution in [0.3, 0.4) is 0 Å². The van der Waals surface area contributed by atoms with Crippen molar-refractivity contribution in [1.29, 1.82) is 0 Å². The van der Waals surface area contributed by atoms with Gasteiger partial charge in [-0.1, -0.05) is 18.2 Å². The summed E-state index contributed by atoms with van der Waals surface area (Å²) in [5.41, 5.74) is 2.90. The normalized spacial score (nSPS) is 12.5. The monoisotopic (exact) mass is 282 g/mol. The Morgan fingerprint density at radius 2 is 1.95 bits per heavy atom. The second kappa shape index (κ2) is 5.88. The first-order valence-electron chi connectivity index (χ1n) is 6.89. The van der Waals surface area contributed by atoms with Crippen molar-refractivity contribution in [2.24, 2.45) is 7.05 Å². The second-order valence-corrected chi connectivity index (χ2v) is 4.92. The van der Waals surface area contributed by atoms with Crippen molar-refractivity contribution in [1.82, 2.24) is 30.1 Å². The first-order chi connectivity index (χ1) is 10.3. The molecular weight excluding hydrogens is 264 g/mol. The topological polar surface area (TPSA) is 60.6 Å². The summed E-state index contributed by atoms with van der Waals surface area (Å²) in [7, 11) is 3.85. The van der Waals surface area contributed by atoms with Gasteiger partial charge in [0.15, 0.2) is 0 Å². The molecule has 0 saturated heterocycles. The van der Waals surface area contributed by atoms with Crippen LogP contribution in [0.5, 0.6) is 0 Å². The van der Waals surface area contributed by atoms with Gasteiger partial charge in [0.2, 0.25) is 0 Å². The lowest BCUT2D eigenvalue weighted by molar-refractivity contribution is 0.555. The molecule has 0 aliphatic carbocycles. The van der Waals surface area contributed by atoms with Crippen LogP contribution in [-0.2, 0) is 13.5 Å². The largest absolute Gasteiger partial charge is 0.311 e. The summed E-state index contributed by atoms with van der Waals surface area (Å²) in [6.07, 6.45) is 4.53. The van der Waals surface area contributed by atoms with E-state index in [1.54, 1.807) is 11.0 Å². The number of nitrogens with one attached hydrogen (secondary N) is 1. The van der Waals surface area contributed by atoms with E-state index < -0.39 is 0 Å². The fourth-order valence-electron chi connectivity index (χ4n) is 2.26. The highest BCUT2D eigenvalue weighted by molar-refractivity contribution is 5.28. The molecule has 0 aliphatic heterocycles. The first-order valence-corrected chi connectivity index (χ1v) is 6.89. The van der Waals surface area contributed by atoms with Crippen molar-refractivity contribution in [3.8, 4) is 5.69 Å². The van der Waals surface area contributed by atoms with E-state index in [1.807, 2.05) is 61.4 Å². The summed E-state index contributed by atoms with van der Waals surface area (Å²) in [5, 5.41) is 16.6. The Morgan fingerprint density at radius 1 is 1.14 bits per heavy atom. The van der Waals surface area contributed by atoms with Gasteiger partial charge in [-0.25, -0.2) is 0 Å². The molecule has 108 valence electrons. The minimum atomic E-state index is 0.0948. The van der Waals surface area contributed by atoms with Gasteiger partial charge in [0.05, 0.1) is 23.6 Å². The number of para-hydroxylation sites is 1. The van der Waals surface area contributed by atoms with Crippen LogP contribution in [0.25, 0.3) is 5.69 Å². The van der Waals surface area contributed by atoms with E-state index in [2.05, 4.69) is 20.6 Å². The number of likely N-dealkylation sites (N-methyl/N-ethyl adjacent to an activating group) is 1. The molecule has 3 aromatic rings. The van der Waals surface area contributed by atoms with Gasteiger partial charge < -0.3 is 5.32 Å². The van der Waals surface area contributed by atoms with Crippen molar-refractivity contribution in [2.45, 2.75) is 12.5 Å². The van der Waals surface area contributed by atoms with Crippen LogP contribution in [-0.4, -0.2) is 31.8 Å². The van der Waals surface area contributed by atoms with Gasteiger partial charge in [-0.05, 0) is 25.2 Å². The molecule has 0 saturated carbocycles. The van der Waals surface area contributed by atoms with Gasteiger partial charge in [0.1, 0.15) is 5.69 Å². The summed E-state index contributed by atoms with van der Waals surface area (Å²) < 4.78 is 1.81. The molecule has 6 heteroatoms. The van der Waals surface area contributed by atoms with Crippen molar-refractivity contribution in [2.75, 3.05) is 7.05 Å². The zero-order valence-electron chi connectivity index (χ0n) is 12.1. The van der Waals surface area contributed by atoms with Crippen LogP contribution in [0.15, 0.2) is 48.8 Å². The molecule has 0 spiro atoms. The third-order valence-corrected chi connectivity index (χ3v) is 3.38. The van der Waals surface area contributed by atoms with Crippen LogP contribution in [0, 0.1) is 0 Å². The van der Waals surface area contributed by atoms with E-state index >= 15 is 0 Å². The van der Waals surface area contributed by atoms with Crippen molar-refractivity contribution in [3.05, 3.63) is 60.2 Å². The number of aromatic nitrogens is 5. The molecule has 21 heavy (non-hydrogen) atoms. The quantitative estimate of drug-likeness (QED) is 0.770. The van der Waals surface area contributed by atoms with E-state index in [4.69, 9.17) is 0 Å². The average molecular weight is 282 g/mol. The standard InChI is InChI=1S/C15H18N6/c1-16-14(10-12-8-9-20(2)18-12)15-11-17-21(19-15)13-6-4-3-5-7-13/h3-9,11,14,16H,10H2,1-2H3. The summed E-state index contributed by atoms with van der Waals surface area (Å²) in [4.78, 5) is 1.65. The van der Waals surface area contributed by atoms with E-state index in [0.717, 1.165) is 23.5 Å². The predicted molar refractivity (Wildman–Crippen MR) is 80.1 cm³/mol. The predicted octanol–water partition coefficient (Wildman–Crippen LogP) is 1.50. The lowest BCUT2D eigenvalue weighted by Crippen LogP contribution is -2.20. The Morgan fingerprint density at radius 3 is 2.62 bits per heavy atom. The molecule has 0 bridgehead atoms. The maximum atomic E-state index is 4.56. The van der Waals surface area contributed by atoms with Crippen molar-refractivity contribution < 1.29 is 0 Å². The van der Waals surface area contributed by atoms with E-state index in [0.29, 0.717) is 0 Å². The molecule has 1 N–H and O–H groups in total. The number of hydrogen-bond donors (Lipinski definition) is 1. The molecule has 2 heterocycles. The van der Waals surface area contributed by atoms with Gasteiger partial charge in [-0.3, -0.25) is 4.68 Å². The smallest absolute Gasteiger partial charge is 0.100 e. The van der Waals surface area contributed by atoms with Crippen LogP contribution in [0.4, 0.5) is 0 Å². The molecular formula is C15H18N6. The highest BCUT2D eigenvalue weighted by atomic mass is 15.5. The molecule has 0 fully saturated rings. The summed E-state index contributed by atoms with van der Waals surface area (Å²) in [6.45, 7) is 0. The van der Waals surface area contributed by atoms with Gasteiger partial charge in [0.25, 0.3) is 0 Å². The Kier molecular flexibility index (Phi) is 3.79. The van der Waals surface area contributed by atoms with E-state index in [-0.39, 0.29) is 6.04 Å². The fourth-order valence-corrected chi connectivity index (χ4v) is 2.26. The number of hydrogen-bond acceptors (Lipinski definition) is 4. The summed E-state index contributed by atoms with van der Waals surface area (Å²) in [5.74, 6) is 0.